The van der Waals surface area contributed by atoms with Gasteiger partial charge in [-0.1, -0.05) is 0 Å². The van der Waals surface area contributed by atoms with Crippen LogP contribution >= 0.6 is 0 Å². The zero-order valence-electron chi connectivity index (χ0n) is 20.3. The molecule has 1 aliphatic rings. The lowest BCUT2D eigenvalue weighted by Crippen LogP contribution is -2.28. The number of halogens is 3. The summed E-state index contributed by atoms with van der Waals surface area (Å²) >= 11 is 0. The third kappa shape index (κ3) is 5.21. The predicted octanol–water partition coefficient (Wildman–Crippen LogP) is 4.08. The number of pyridine rings is 1. The Labute approximate surface area is 205 Å². The van der Waals surface area contributed by atoms with Crippen LogP contribution in [0.4, 0.5) is 13.2 Å². The quantitative estimate of drug-likeness (QED) is 0.473. The first-order valence-corrected chi connectivity index (χ1v) is 11.5. The van der Waals surface area contributed by atoms with Crippen molar-refractivity contribution in [3.8, 4) is 17.0 Å². The molecule has 3 heterocycles. The van der Waals surface area contributed by atoms with Crippen LogP contribution in [0, 0.1) is 6.92 Å². The maximum Gasteiger partial charge on any atom is 0.435 e. The first-order valence-electron chi connectivity index (χ1n) is 11.5. The number of alkyl halides is 3. The minimum atomic E-state index is -4.71. The molecule has 0 bridgehead atoms. The molecule has 0 saturated heterocycles. The monoisotopic (exact) mass is 503 g/mol. The molecule has 0 amide bonds. The average Bonchev–Trinajstić information content (AvgIpc) is 3.41. The van der Waals surface area contributed by atoms with Gasteiger partial charge in [0.2, 0.25) is 5.56 Å². The molecule has 1 aliphatic carbocycles. The zero-order chi connectivity index (χ0) is 26.0. The number of aromatic amines is 1. The molecular weight excluding hydrogens is 475 g/mol. The molecule has 0 unspecified atom stereocenters. The summed E-state index contributed by atoms with van der Waals surface area (Å²) in [6.07, 6.45) is 2.77. The summed E-state index contributed by atoms with van der Waals surface area (Å²) < 4.78 is 49.5. The van der Waals surface area contributed by atoms with Gasteiger partial charge in [0.05, 0.1) is 29.7 Å². The summed E-state index contributed by atoms with van der Waals surface area (Å²) in [4.78, 5) is 17.3. The standard InChI is InChI=1S/C24H28F3N7O2/c1-14-18(11-20(28-2)29-3)34(32-22(14)15-12-30-33(4)13-15)16-5-7-17(8-6-16)36-19-9-10-21(35)31-23(19)24(25,26)27/h9-13,16-17,29H,2,5-8H2,1,3-4H3,(H,31,35)/b20-11+. The van der Waals surface area contributed by atoms with Crippen molar-refractivity contribution < 1.29 is 17.9 Å². The number of aliphatic imine (C=N–C) groups is 1. The van der Waals surface area contributed by atoms with Crippen molar-refractivity contribution >= 4 is 12.8 Å². The minimum absolute atomic E-state index is 0.0146. The van der Waals surface area contributed by atoms with Crippen molar-refractivity contribution in [2.45, 2.75) is 50.9 Å². The largest absolute Gasteiger partial charge is 0.488 e. The molecule has 1 fully saturated rings. The maximum atomic E-state index is 13.4. The van der Waals surface area contributed by atoms with Crippen molar-refractivity contribution in [1.29, 1.82) is 0 Å². The van der Waals surface area contributed by atoms with Crippen LogP contribution < -0.4 is 15.6 Å². The fraction of sp³-hybridized carbons (Fsp3) is 0.417. The van der Waals surface area contributed by atoms with Crippen molar-refractivity contribution in [3.63, 3.8) is 0 Å². The first kappa shape index (κ1) is 25.3. The number of hydrogen-bond donors (Lipinski definition) is 2. The molecule has 2 N–H and O–H groups in total. The van der Waals surface area contributed by atoms with Crippen LogP contribution in [0.1, 0.15) is 48.7 Å². The Bertz CT molecular complexity index is 1330. The van der Waals surface area contributed by atoms with Crippen LogP contribution in [0.15, 0.2) is 40.1 Å². The SMILES string of the molecule is C=N/C(=C\c1c(C)c(-c2cnn(C)c2)nn1C1CCC(Oc2ccc(=O)[nH]c2C(F)(F)F)CC1)NC. The molecule has 3 aromatic rings. The maximum absolute atomic E-state index is 13.4. The normalized spacial score (nSPS) is 18.8. The number of aromatic nitrogens is 5. The van der Waals surface area contributed by atoms with Crippen LogP contribution in [0.3, 0.4) is 0 Å². The predicted molar refractivity (Wildman–Crippen MR) is 130 cm³/mol. The van der Waals surface area contributed by atoms with Gasteiger partial charge in [0.25, 0.3) is 0 Å². The van der Waals surface area contributed by atoms with Gasteiger partial charge in [-0.3, -0.25) is 14.2 Å². The smallest absolute Gasteiger partial charge is 0.435 e. The van der Waals surface area contributed by atoms with Crippen molar-refractivity contribution in [2.75, 3.05) is 7.05 Å². The van der Waals surface area contributed by atoms with E-state index in [0.717, 1.165) is 34.6 Å². The summed E-state index contributed by atoms with van der Waals surface area (Å²) in [5.74, 6) is 0.227. The fourth-order valence-electron chi connectivity index (χ4n) is 4.48. The van der Waals surface area contributed by atoms with E-state index in [1.54, 1.807) is 17.9 Å². The van der Waals surface area contributed by atoms with Gasteiger partial charge < -0.3 is 15.0 Å². The van der Waals surface area contributed by atoms with Crippen molar-refractivity contribution in [3.05, 3.63) is 57.7 Å². The van der Waals surface area contributed by atoms with E-state index in [1.807, 2.05) is 35.9 Å². The van der Waals surface area contributed by atoms with Gasteiger partial charge in [0.15, 0.2) is 5.69 Å². The number of H-pyrrole nitrogens is 1. The highest BCUT2D eigenvalue weighted by molar-refractivity contribution is 5.68. The highest BCUT2D eigenvalue weighted by atomic mass is 19.4. The lowest BCUT2D eigenvalue weighted by atomic mass is 9.92. The van der Waals surface area contributed by atoms with E-state index >= 15 is 0 Å². The number of nitrogens with one attached hydrogen (secondary N) is 2. The molecule has 0 atom stereocenters. The summed E-state index contributed by atoms with van der Waals surface area (Å²) in [6, 6.07) is 2.13. The van der Waals surface area contributed by atoms with Crippen LogP contribution in [-0.4, -0.2) is 44.4 Å². The number of rotatable bonds is 7. The molecule has 9 nitrogen and oxygen atoms in total. The first-order chi connectivity index (χ1) is 17.1. The van der Waals surface area contributed by atoms with E-state index in [2.05, 4.69) is 22.1 Å². The number of hydrogen-bond acceptors (Lipinski definition) is 6. The molecule has 12 heteroatoms. The van der Waals surface area contributed by atoms with Gasteiger partial charge in [-0.05, 0) is 45.4 Å². The van der Waals surface area contributed by atoms with Gasteiger partial charge >= 0.3 is 6.18 Å². The van der Waals surface area contributed by atoms with E-state index in [0.29, 0.717) is 31.5 Å². The number of aryl methyl sites for hydroxylation is 1. The van der Waals surface area contributed by atoms with E-state index in [1.165, 1.54) is 0 Å². The van der Waals surface area contributed by atoms with Crippen molar-refractivity contribution in [1.82, 2.24) is 29.9 Å². The van der Waals surface area contributed by atoms with Crippen LogP contribution in [0.25, 0.3) is 17.3 Å². The topological polar surface area (TPSA) is 102 Å². The van der Waals surface area contributed by atoms with Gasteiger partial charge in [-0.25, -0.2) is 4.99 Å². The minimum Gasteiger partial charge on any atom is -0.488 e. The molecular formula is C24H28F3N7O2. The van der Waals surface area contributed by atoms with Gasteiger partial charge in [-0.2, -0.15) is 23.4 Å². The van der Waals surface area contributed by atoms with Crippen molar-refractivity contribution in [2.24, 2.45) is 12.0 Å². The average molecular weight is 504 g/mol. The lowest BCUT2D eigenvalue weighted by molar-refractivity contribution is -0.143. The molecule has 0 aliphatic heterocycles. The lowest BCUT2D eigenvalue weighted by Gasteiger charge is -2.30. The number of ether oxygens (including phenoxy) is 1. The third-order valence-electron chi connectivity index (χ3n) is 6.32. The second-order valence-corrected chi connectivity index (χ2v) is 8.75. The molecule has 3 aromatic heterocycles. The van der Waals surface area contributed by atoms with Gasteiger partial charge in [0.1, 0.15) is 11.6 Å². The second kappa shape index (κ2) is 10.0. The van der Waals surface area contributed by atoms with E-state index in [9.17, 15) is 18.0 Å². The van der Waals surface area contributed by atoms with Crippen LogP contribution in [0.2, 0.25) is 0 Å². The molecule has 4 rings (SSSR count). The highest BCUT2D eigenvalue weighted by Gasteiger charge is 2.37. The third-order valence-corrected chi connectivity index (χ3v) is 6.32. The molecule has 192 valence electrons. The Morgan fingerprint density at radius 2 is 2.03 bits per heavy atom. The molecule has 0 radical (unpaired) electrons. The highest BCUT2D eigenvalue weighted by Crippen LogP contribution is 2.38. The summed E-state index contributed by atoms with van der Waals surface area (Å²) in [6.45, 7) is 5.59. The van der Waals surface area contributed by atoms with Crippen LogP contribution in [-0.2, 0) is 13.2 Å². The summed E-state index contributed by atoms with van der Waals surface area (Å²) in [7, 11) is 3.60. The van der Waals surface area contributed by atoms with Gasteiger partial charge in [-0.15, -0.1) is 0 Å². The Morgan fingerprint density at radius 1 is 1.31 bits per heavy atom. The Morgan fingerprint density at radius 3 is 2.61 bits per heavy atom. The van der Waals surface area contributed by atoms with E-state index in [-0.39, 0.29) is 11.8 Å². The number of nitrogens with zero attached hydrogens (tertiary/aromatic N) is 5. The molecule has 0 aromatic carbocycles. The zero-order valence-corrected chi connectivity index (χ0v) is 20.3. The Hall–Kier alpha value is -3.83. The van der Waals surface area contributed by atoms with E-state index < -0.39 is 23.5 Å². The molecule has 1 saturated carbocycles. The van der Waals surface area contributed by atoms with Crippen LogP contribution in [0.5, 0.6) is 5.75 Å². The second-order valence-electron chi connectivity index (χ2n) is 8.75. The Kier molecular flexibility index (Phi) is 7.04. The Balaban J connectivity index is 1.58. The summed E-state index contributed by atoms with van der Waals surface area (Å²) in [5, 5.41) is 12.2. The van der Waals surface area contributed by atoms with Gasteiger partial charge in [0, 0.05) is 43.6 Å². The summed E-state index contributed by atoms with van der Waals surface area (Å²) in [5.41, 5.74) is 1.53. The fourth-order valence-corrected chi connectivity index (χ4v) is 4.48. The molecule has 0 spiro atoms. The molecule has 36 heavy (non-hydrogen) atoms. The van der Waals surface area contributed by atoms with E-state index in [4.69, 9.17) is 9.84 Å².